The molecule has 0 aliphatic carbocycles. The fraction of sp³-hybridized carbons (Fsp3) is 0.417. The standard InChI is InChI=1S/C12H12Br2N2/c13-9-5-4-8-7-16-6-2-1-3-10(16)15-12(8)11(9)14/h4-5H,1-3,6-7H2. The second kappa shape index (κ2) is 4.15. The highest BCUT2D eigenvalue weighted by Gasteiger charge is 2.23. The van der Waals surface area contributed by atoms with Gasteiger partial charge in [-0.2, -0.15) is 0 Å². The summed E-state index contributed by atoms with van der Waals surface area (Å²) in [5.41, 5.74) is 2.43. The molecule has 0 amide bonds. The largest absolute Gasteiger partial charge is 0.356 e. The van der Waals surface area contributed by atoms with Gasteiger partial charge in [0.05, 0.1) is 10.2 Å². The molecule has 0 bridgehead atoms. The smallest absolute Gasteiger partial charge is 0.105 e. The van der Waals surface area contributed by atoms with Crippen molar-refractivity contribution in [2.45, 2.75) is 25.8 Å². The van der Waals surface area contributed by atoms with Crippen molar-refractivity contribution >= 4 is 43.4 Å². The molecule has 0 saturated carbocycles. The summed E-state index contributed by atoms with van der Waals surface area (Å²) in [6, 6.07) is 4.26. The van der Waals surface area contributed by atoms with Gasteiger partial charge in [0.25, 0.3) is 0 Å². The molecule has 1 fully saturated rings. The van der Waals surface area contributed by atoms with E-state index in [0.29, 0.717) is 0 Å². The van der Waals surface area contributed by atoms with Crippen LogP contribution < -0.4 is 0 Å². The molecule has 0 radical (unpaired) electrons. The van der Waals surface area contributed by atoms with Crippen LogP contribution in [-0.2, 0) is 6.54 Å². The molecule has 0 N–H and O–H groups in total. The number of rotatable bonds is 0. The molecule has 0 aromatic heterocycles. The molecule has 0 atom stereocenters. The average molecular weight is 344 g/mol. The Labute approximate surface area is 112 Å². The van der Waals surface area contributed by atoms with Crippen molar-refractivity contribution in [1.82, 2.24) is 4.90 Å². The molecule has 1 saturated heterocycles. The lowest BCUT2D eigenvalue weighted by molar-refractivity contribution is 0.359. The Kier molecular flexibility index (Phi) is 2.80. The highest BCUT2D eigenvalue weighted by Crippen LogP contribution is 2.39. The SMILES string of the molecule is Brc1ccc2c(c1Br)N=C1CCCCN1C2. The first-order valence-electron chi connectivity index (χ1n) is 5.55. The molecule has 4 heteroatoms. The van der Waals surface area contributed by atoms with E-state index < -0.39 is 0 Å². The van der Waals surface area contributed by atoms with Crippen molar-refractivity contribution in [2.24, 2.45) is 4.99 Å². The summed E-state index contributed by atoms with van der Waals surface area (Å²) < 4.78 is 2.17. The van der Waals surface area contributed by atoms with E-state index in [4.69, 9.17) is 4.99 Å². The third-order valence-electron chi connectivity index (χ3n) is 3.20. The van der Waals surface area contributed by atoms with Gasteiger partial charge >= 0.3 is 0 Å². The lowest BCUT2D eigenvalue weighted by atomic mass is 10.0. The Bertz CT molecular complexity index is 468. The lowest BCUT2D eigenvalue weighted by Gasteiger charge is -2.34. The number of hydrogen-bond donors (Lipinski definition) is 0. The monoisotopic (exact) mass is 342 g/mol. The second-order valence-electron chi connectivity index (χ2n) is 4.28. The van der Waals surface area contributed by atoms with Gasteiger partial charge in [0, 0.05) is 24.0 Å². The van der Waals surface area contributed by atoms with Crippen LogP contribution in [0.15, 0.2) is 26.1 Å². The summed E-state index contributed by atoms with van der Waals surface area (Å²) in [5.74, 6) is 1.26. The number of benzene rings is 1. The van der Waals surface area contributed by atoms with Crippen LogP contribution in [0.25, 0.3) is 0 Å². The van der Waals surface area contributed by atoms with E-state index in [-0.39, 0.29) is 0 Å². The number of piperidine rings is 1. The maximum atomic E-state index is 4.79. The first-order valence-corrected chi connectivity index (χ1v) is 7.14. The van der Waals surface area contributed by atoms with Crippen molar-refractivity contribution in [3.05, 3.63) is 26.6 Å². The van der Waals surface area contributed by atoms with Gasteiger partial charge in [0.15, 0.2) is 0 Å². The van der Waals surface area contributed by atoms with Gasteiger partial charge in [0.1, 0.15) is 5.84 Å². The van der Waals surface area contributed by atoms with Crippen molar-refractivity contribution in [3.8, 4) is 0 Å². The fourth-order valence-electron chi connectivity index (χ4n) is 2.33. The van der Waals surface area contributed by atoms with Gasteiger partial charge in [-0.3, -0.25) is 0 Å². The number of hydrogen-bond acceptors (Lipinski definition) is 2. The molecule has 16 heavy (non-hydrogen) atoms. The molecule has 0 spiro atoms. The Morgan fingerprint density at radius 1 is 1.19 bits per heavy atom. The molecule has 1 aromatic carbocycles. The van der Waals surface area contributed by atoms with Crippen LogP contribution in [0, 0.1) is 0 Å². The molecule has 1 aromatic rings. The molecule has 3 rings (SSSR count). The summed E-state index contributed by atoms with van der Waals surface area (Å²) in [6.07, 6.45) is 3.70. The molecular formula is C12H12Br2N2. The summed E-state index contributed by atoms with van der Waals surface area (Å²) in [4.78, 5) is 7.20. The third-order valence-corrected chi connectivity index (χ3v) is 5.19. The van der Waals surface area contributed by atoms with Gasteiger partial charge in [-0.25, -0.2) is 4.99 Å². The minimum atomic E-state index is 1.01. The van der Waals surface area contributed by atoms with Crippen LogP contribution in [0.1, 0.15) is 24.8 Å². The minimum absolute atomic E-state index is 1.01. The van der Waals surface area contributed by atoms with Crippen LogP contribution in [0.4, 0.5) is 5.69 Å². The summed E-state index contributed by atoms with van der Waals surface area (Å²) in [5, 5.41) is 0. The van der Waals surface area contributed by atoms with Gasteiger partial charge in [-0.1, -0.05) is 6.07 Å². The molecule has 0 unspecified atom stereocenters. The maximum absolute atomic E-state index is 4.79. The quantitative estimate of drug-likeness (QED) is 0.687. The first kappa shape index (κ1) is 10.8. The zero-order chi connectivity index (χ0) is 11.1. The summed E-state index contributed by atoms with van der Waals surface area (Å²) in [6.45, 7) is 2.17. The second-order valence-corrected chi connectivity index (χ2v) is 5.92. The van der Waals surface area contributed by atoms with E-state index in [0.717, 1.165) is 34.1 Å². The number of halogens is 2. The highest BCUT2D eigenvalue weighted by atomic mass is 79.9. The Morgan fingerprint density at radius 2 is 2.06 bits per heavy atom. The number of nitrogens with zero attached hydrogens (tertiary/aromatic N) is 2. The third kappa shape index (κ3) is 1.72. The summed E-state index contributed by atoms with van der Waals surface area (Å²) in [7, 11) is 0. The zero-order valence-electron chi connectivity index (χ0n) is 8.84. The molecule has 2 aliphatic rings. The van der Waals surface area contributed by atoms with Crippen LogP contribution in [-0.4, -0.2) is 17.3 Å². The predicted molar refractivity (Wildman–Crippen MR) is 73.2 cm³/mol. The zero-order valence-corrected chi connectivity index (χ0v) is 12.0. The van der Waals surface area contributed by atoms with Gasteiger partial charge in [0.2, 0.25) is 0 Å². The van der Waals surface area contributed by atoms with Crippen LogP contribution in [0.3, 0.4) is 0 Å². The molecule has 2 heterocycles. The van der Waals surface area contributed by atoms with Crippen LogP contribution in [0.2, 0.25) is 0 Å². The van der Waals surface area contributed by atoms with E-state index in [9.17, 15) is 0 Å². The molecule has 84 valence electrons. The Morgan fingerprint density at radius 3 is 2.94 bits per heavy atom. The van der Waals surface area contributed by atoms with Crippen LogP contribution >= 0.6 is 31.9 Å². The minimum Gasteiger partial charge on any atom is -0.356 e. The van der Waals surface area contributed by atoms with E-state index in [1.807, 2.05) is 0 Å². The van der Waals surface area contributed by atoms with E-state index in [1.165, 1.54) is 24.2 Å². The first-order chi connectivity index (χ1) is 7.75. The molecule has 2 nitrogen and oxygen atoms in total. The fourth-order valence-corrected chi connectivity index (χ4v) is 3.13. The normalized spacial score (nSPS) is 18.9. The van der Waals surface area contributed by atoms with Crippen molar-refractivity contribution in [1.29, 1.82) is 0 Å². The van der Waals surface area contributed by atoms with E-state index in [1.54, 1.807) is 0 Å². The molecular weight excluding hydrogens is 332 g/mol. The maximum Gasteiger partial charge on any atom is 0.105 e. The van der Waals surface area contributed by atoms with Crippen molar-refractivity contribution < 1.29 is 0 Å². The average Bonchev–Trinajstić information content (AvgIpc) is 2.32. The Hall–Kier alpha value is -0.350. The number of fused-ring (bicyclic) bond motifs is 2. The predicted octanol–water partition coefficient (Wildman–Crippen LogP) is 4.24. The lowest BCUT2D eigenvalue weighted by Crippen LogP contribution is -2.36. The van der Waals surface area contributed by atoms with E-state index in [2.05, 4.69) is 48.9 Å². The number of amidine groups is 1. The number of aliphatic imine (C=N–C) groups is 1. The molecule has 2 aliphatic heterocycles. The highest BCUT2D eigenvalue weighted by molar-refractivity contribution is 9.13. The van der Waals surface area contributed by atoms with Crippen molar-refractivity contribution in [2.75, 3.05) is 6.54 Å². The van der Waals surface area contributed by atoms with Gasteiger partial charge in [-0.15, -0.1) is 0 Å². The Balaban J connectivity index is 2.10. The van der Waals surface area contributed by atoms with Gasteiger partial charge in [-0.05, 0) is 56.3 Å². The summed E-state index contributed by atoms with van der Waals surface area (Å²) >= 11 is 7.14. The van der Waals surface area contributed by atoms with E-state index >= 15 is 0 Å². The van der Waals surface area contributed by atoms with Crippen LogP contribution in [0.5, 0.6) is 0 Å². The van der Waals surface area contributed by atoms with Crippen molar-refractivity contribution in [3.63, 3.8) is 0 Å². The van der Waals surface area contributed by atoms with Gasteiger partial charge < -0.3 is 4.90 Å². The topological polar surface area (TPSA) is 15.6 Å².